The second-order valence-electron chi connectivity index (χ2n) is 8.55. The summed E-state index contributed by atoms with van der Waals surface area (Å²) in [7, 11) is 1.63. The number of thioether (sulfide) groups is 1. The summed E-state index contributed by atoms with van der Waals surface area (Å²) in [5.74, 6) is 0.518. The van der Waals surface area contributed by atoms with Gasteiger partial charge in [0.1, 0.15) is 0 Å². The van der Waals surface area contributed by atoms with Gasteiger partial charge in [0, 0.05) is 24.3 Å². The van der Waals surface area contributed by atoms with Gasteiger partial charge in [-0.05, 0) is 44.0 Å². The van der Waals surface area contributed by atoms with Crippen molar-refractivity contribution in [2.75, 3.05) is 24.7 Å². The third kappa shape index (κ3) is 5.80. The molecule has 0 atom stereocenters. The Labute approximate surface area is 208 Å². The number of benzene rings is 2. The van der Waals surface area contributed by atoms with Crippen LogP contribution < -0.4 is 5.32 Å². The molecule has 1 heterocycles. The minimum Gasteiger partial charge on any atom is -0.336 e. The highest BCUT2D eigenvalue weighted by Gasteiger charge is 2.26. The Morgan fingerprint density at radius 3 is 2.53 bits per heavy atom. The number of hydrogen-bond donors (Lipinski definition) is 1. The summed E-state index contributed by atoms with van der Waals surface area (Å²) in [5.41, 5.74) is 2.67. The average molecular weight is 498 g/mol. The zero-order chi connectivity index (χ0) is 24.1. The van der Waals surface area contributed by atoms with Crippen LogP contribution in [0.4, 0.5) is 5.69 Å². The van der Waals surface area contributed by atoms with Gasteiger partial charge in [-0.3, -0.25) is 14.2 Å². The molecule has 1 fully saturated rings. The molecule has 0 aliphatic heterocycles. The van der Waals surface area contributed by atoms with Crippen LogP contribution in [0.5, 0.6) is 0 Å². The van der Waals surface area contributed by atoms with Gasteiger partial charge < -0.3 is 10.2 Å². The number of aromatic nitrogens is 3. The fourth-order valence-corrected chi connectivity index (χ4v) is 5.24. The minimum atomic E-state index is -0.236. The number of hydrogen-bond acceptors (Lipinski definition) is 5. The summed E-state index contributed by atoms with van der Waals surface area (Å²) in [5, 5.41) is 13.0. The normalized spacial score (nSPS) is 13.7. The highest BCUT2D eigenvalue weighted by atomic mass is 35.5. The molecule has 1 N–H and O–H groups in total. The van der Waals surface area contributed by atoms with E-state index in [1.807, 2.05) is 55.5 Å². The molecule has 0 bridgehead atoms. The molecule has 0 spiro atoms. The molecule has 0 radical (unpaired) electrons. The first kappa shape index (κ1) is 24.3. The fraction of sp³-hybridized carbons (Fsp3) is 0.360. The number of carbonyl (C=O) groups excluding carboxylic acids is 2. The van der Waals surface area contributed by atoms with Crippen LogP contribution in [0.25, 0.3) is 11.4 Å². The highest BCUT2D eigenvalue weighted by molar-refractivity contribution is 7.99. The summed E-state index contributed by atoms with van der Waals surface area (Å²) < 4.78 is 2.14. The molecule has 34 heavy (non-hydrogen) atoms. The average Bonchev–Trinajstić information content (AvgIpc) is 3.49. The summed E-state index contributed by atoms with van der Waals surface area (Å²) in [6, 6.07) is 15.4. The molecule has 9 heteroatoms. The second kappa shape index (κ2) is 11.1. The van der Waals surface area contributed by atoms with Gasteiger partial charge >= 0.3 is 0 Å². The summed E-state index contributed by atoms with van der Waals surface area (Å²) in [4.78, 5) is 26.5. The Morgan fingerprint density at radius 1 is 1.12 bits per heavy atom. The summed E-state index contributed by atoms with van der Waals surface area (Å²) in [6.45, 7) is 1.97. The van der Waals surface area contributed by atoms with Crippen LogP contribution in [0, 0.1) is 6.92 Å². The maximum Gasteiger partial charge on any atom is 0.243 e. The van der Waals surface area contributed by atoms with Crippen LogP contribution in [0.15, 0.2) is 53.7 Å². The number of halogens is 1. The van der Waals surface area contributed by atoms with Crippen molar-refractivity contribution in [1.82, 2.24) is 19.7 Å². The lowest BCUT2D eigenvalue weighted by molar-refractivity contribution is -0.131. The Kier molecular flexibility index (Phi) is 7.90. The Balaban J connectivity index is 1.41. The maximum absolute atomic E-state index is 12.8. The predicted octanol–water partition coefficient (Wildman–Crippen LogP) is 5.21. The number of nitrogens with zero attached hydrogens (tertiary/aromatic N) is 4. The van der Waals surface area contributed by atoms with Crippen molar-refractivity contribution in [3.63, 3.8) is 0 Å². The molecular formula is C25H28ClN5O2S. The van der Waals surface area contributed by atoms with Gasteiger partial charge in [-0.25, -0.2) is 0 Å². The number of carbonyl (C=O) groups is 2. The number of aryl methyl sites for hydroxylation is 1. The molecule has 1 aromatic heterocycles. The molecule has 3 aromatic rings. The van der Waals surface area contributed by atoms with Gasteiger partial charge in [-0.2, -0.15) is 0 Å². The number of likely N-dealkylation sites (N-methyl/N-ethyl adjacent to an activating group) is 1. The third-order valence-corrected chi connectivity index (χ3v) is 7.19. The van der Waals surface area contributed by atoms with Crippen molar-refractivity contribution < 1.29 is 9.59 Å². The largest absolute Gasteiger partial charge is 0.336 e. The quantitative estimate of drug-likeness (QED) is 0.432. The lowest BCUT2D eigenvalue weighted by Gasteiger charge is -2.19. The van der Waals surface area contributed by atoms with Crippen LogP contribution in [0.1, 0.15) is 37.3 Å². The number of rotatable bonds is 8. The smallest absolute Gasteiger partial charge is 0.243 e. The molecule has 7 nitrogen and oxygen atoms in total. The van der Waals surface area contributed by atoms with Crippen LogP contribution in [0.3, 0.4) is 0 Å². The predicted molar refractivity (Wildman–Crippen MR) is 136 cm³/mol. The zero-order valence-corrected chi connectivity index (χ0v) is 20.9. The van der Waals surface area contributed by atoms with Crippen molar-refractivity contribution in [2.45, 2.75) is 43.8 Å². The van der Waals surface area contributed by atoms with E-state index in [1.54, 1.807) is 7.05 Å². The number of anilines is 1. The molecule has 4 rings (SSSR count). The molecule has 178 valence electrons. The minimum absolute atomic E-state index is 0.0204. The van der Waals surface area contributed by atoms with Gasteiger partial charge in [0.2, 0.25) is 11.8 Å². The van der Waals surface area contributed by atoms with Crippen molar-refractivity contribution in [1.29, 1.82) is 0 Å². The van der Waals surface area contributed by atoms with Crippen LogP contribution in [0.2, 0.25) is 5.02 Å². The van der Waals surface area contributed by atoms with Crippen molar-refractivity contribution in [3.8, 4) is 11.4 Å². The van der Waals surface area contributed by atoms with E-state index < -0.39 is 0 Å². The standard InChI is InChI=1S/C25H28ClN5O2S/c1-17-11-13-18(14-12-17)27-22(32)15-30(2)23(33)16-34-25-29-28-24(20-9-5-6-10-21(20)26)31(25)19-7-3-4-8-19/h5-6,9-14,19H,3-4,7-8,15-16H2,1-2H3,(H,27,32). The van der Waals surface area contributed by atoms with Crippen LogP contribution in [-0.4, -0.2) is 50.8 Å². The van der Waals surface area contributed by atoms with E-state index in [4.69, 9.17) is 11.6 Å². The molecule has 1 aliphatic carbocycles. The first-order valence-electron chi connectivity index (χ1n) is 11.4. The molecule has 1 saturated carbocycles. The first-order valence-corrected chi connectivity index (χ1v) is 12.7. The van der Waals surface area contributed by atoms with Gasteiger partial charge in [-0.1, -0.05) is 66.0 Å². The summed E-state index contributed by atoms with van der Waals surface area (Å²) >= 11 is 7.79. The monoisotopic (exact) mass is 497 g/mol. The Hall–Kier alpha value is -2.84. The van der Waals surface area contributed by atoms with Gasteiger partial charge in [-0.15, -0.1) is 10.2 Å². The molecule has 2 aromatic carbocycles. The number of nitrogens with one attached hydrogen (secondary N) is 1. The van der Waals surface area contributed by atoms with Crippen molar-refractivity contribution in [2.24, 2.45) is 0 Å². The zero-order valence-electron chi connectivity index (χ0n) is 19.3. The van der Waals surface area contributed by atoms with E-state index >= 15 is 0 Å². The van der Waals surface area contributed by atoms with Crippen molar-refractivity contribution >= 4 is 40.9 Å². The lowest BCUT2D eigenvalue weighted by Crippen LogP contribution is -2.36. The van der Waals surface area contributed by atoms with Gasteiger partial charge in [0.25, 0.3) is 0 Å². The van der Waals surface area contributed by atoms with E-state index in [0.717, 1.165) is 42.6 Å². The van der Waals surface area contributed by atoms with Crippen LogP contribution in [-0.2, 0) is 9.59 Å². The SMILES string of the molecule is Cc1ccc(NC(=O)CN(C)C(=O)CSc2nnc(-c3ccccc3Cl)n2C2CCCC2)cc1. The van der Waals surface area contributed by atoms with E-state index in [1.165, 1.54) is 16.7 Å². The van der Waals surface area contributed by atoms with Gasteiger partial charge in [0.15, 0.2) is 11.0 Å². The second-order valence-corrected chi connectivity index (χ2v) is 9.90. The highest BCUT2D eigenvalue weighted by Crippen LogP contribution is 2.38. The van der Waals surface area contributed by atoms with Gasteiger partial charge in [0.05, 0.1) is 17.3 Å². The van der Waals surface area contributed by atoms with E-state index in [9.17, 15) is 9.59 Å². The first-order chi connectivity index (χ1) is 16.4. The molecule has 0 saturated heterocycles. The molecule has 2 amide bonds. The van der Waals surface area contributed by atoms with E-state index in [2.05, 4.69) is 20.1 Å². The van der Waals surface area contributed by atoms with E-state index in [0.29, 0.717) is 15.9 Å². The number of amides is 2. The maximum atomic E-state index is 12.8. The Morgan fingerprint density at radius 2 is 1.82 bits per heavy atom. The van der Waals surface area contributed by atoms with Crippen LogP contribution >= 0.6 is 23.4 Å². The Bertz CT molecular complexity index is 1160. The fourth-order valence-electron chi connectivity index (χ4n) is 4.07. The molecule has 1 aliphatic rings. The van der Waals surface area contributed by atoms with Crippen molar-refractivity contribution in [3.05, 3.63) is 59.1 Å². The summed E-state index contributed by atoms with van der Waals surface area (Å²) in [6.07, 6.45) is 4.42. The topological polar surface area (TPSA) is 80.1 Å². The van der Waals surface area contributed by atoms with E-state index in [-0.39, 0.29) is 30.2 Å². The lowest BCUT2D eigenvalue weighted by atomic mass is 10.2. The third-order valence-electron chi connectivity index (χ3n) is 5.94. The molecule has 0 unspecified atom stereocenters. The molecular weight excluding hydrogens is 470 g/mol.